The number of rotatable bonds is 8. The minimum Gasteiger partial charge on any atom is -0.303 e. The molecule has 0 saturated heterocycles. The van der Waals surface area contributed by atoms with Gasteiger partial charge in [0.15, 0.2) is 0 Å². The maximum Gasteiger partial charge on any atom is 0.120 e. The molecule has 0 amide bonds. The highest BCUT2D eigenvalue weighted by Gasteiger charge is 1.88. The van der Waals surface area contributed by atoms with E-state index < -0.39 is 0 Å². The molecule has 12 heavy (non-hydrogen) atoms. The maximum atomic E-state index is 9.93. The summed E-state index contributed by atoms with van der Waals surface area (Å²) in [7, 11) is 0. The van der Waals surface area contributed by atoms with Gasteiger partial charge >= 0.3 is 0 Å². The van der Waals surface area contributed by atoms with Crippen LogP contribution in [0.5, 0.6) is 0 Å². The third-order valence-corrected chi connectivity index (χ3v) is 1.75. The van der Waals surface area contributed by atoms with Crippen LogP contribution in [-0.4, -0.2) is 12.2 Å². The predicted molar refractivity (Wildman–Crippen MR) is 48.6 cm³/mol. The summed E-state index contributed by atoms with van der Waals surface area (Å²) in [6.45, 7) is 0. The zero-order valence-corrected chi connectivity index (χ0v) is 7.42. The second-order valence-electron chi connectivity index (χ2n) is 2.83. The summed E-state index contributed by atoms with van der Waals surface area (Å²) in [5.41, 5.74) is 0. The highest BCUT2D eigenvalue weighted by molar-refractivity contribution is 5.48. The Morgan fingerprint density at radius 1 is 0.917 bits per heavy atom. The Labute approximate surface area is 73.7 Å². The van der Waals surface area contributed by atoms with E-state index in [0.717, 1.165) is 38.4 Å². The van der Waals surface area contributed by atoms with E-state index in [1.807, 2.05) is 0 Å². The molecule has 0 aliphatic carbocycles. The van der Waals surface area contributed by atoms with E-state index in [0.29, 0.717) is 6.42 Å². The Morgan fingerprint density at radius 3 is 2.08 bits per heavy atom. The molecule has 0 spiro atoms. The molecule has 0 saturated carbocycles. The van der Waals surface area contributed by atoms with Gasteiger partial charge in [0.2, 0.25) is 0 Å². The number of unbranched alkanes of at least 4 members (excludes halogenated alkanes) is 6. The second-order valence-corrected chi connectivity index (χ2v) is 2.83. The van der Waals surface area contributed by atoms with Crippen LogP contribution in [0.15, 0.2) is 6.08 Å². The lowest BCUT2D eigenvalue weighted by atomic mass is 10.1. The van der Waals surface area contributed by atoms with E-state index >= 15 is 0 Å². The largest absolute Gasteiger partial charge is 0.303 e. The lowest BCUT2D eigenvalue weighted by molar-refractivity contribution is -0.107. The van der Waals surface area contributed by atoms with Gasteiger partial charge in [0.1, 0.15) is 12.2 Å². The first-order valence-corrected chi connectivity index (χ1v) is 4.54. The standard InChI is InChI=1S/C10H16O2/c11-9-7-5-3-1-2-4-6-8-10-12/h7,10H,1-6,8H2. The first-order valence-electron chi connectivity index (χ1n) is 4.54. The molecule has 0 aromatic heterocycles. The van der Waals surface area contributed by atoms with Crippen LogP contribution in [0.3, 0.4) is 0 Å². The van der Waals surface area contributed by atoms with E-state index in [1.165, 1.54) is 12.5 Å². The van der Waals surface area contributed by atoms with Gasteiger partial charge in [-0.05, 0) is 25.3 Å². The molecule has 0 heterocycles. The Hall–Kier alpha value is -0.880. The second kappa shape index (κ2) is 10.1. The van der Waals surface area contributed by atoms with Gasteiger partial charge in [0.25, 0.3) is 0 Å². The van der Waals surface area contributed by atoms with Crippen LogP contribution in [0.2, 0.25) is 0 Å². The van der Waals surface area contributed by atoms with Gasteiger partial charge in [-0.2, -0.15) is 0 Å². The zero-order valence-electron chi connectivity index (χ0n) is 7.42. The summed E-state index contributed by atoms with van der Waals surface area (Å²) in [4.78, 5) is 19.7. The Bertz CT molecular complexity index is 146. The molecule has 0 aliphatic rings. The molecule has 0 unspecified atom stereocenters. The number of carbonyl (C=O) groups excluding carboxylic acids is 2. The lowest BCUT2D eigenvalue weighted by Crippen LogP contribution is -1.80. The van der Waals surface area contributed by atoms with Crippen molar-refractivity contribution >= 4 is 12.2 Å². The SMILES string of the molecule is O=C=CCCCCCCCC=O. The molecular formula is C10H16O2. The summed E-state index contributed by atoms with van der Waals surface area (Å²) in [5, 5.41) is 0. The Morgan fingerprint density at radius 2 is 1.50 bits per heavy atom. The van der Waals surface area contributed by atoms with E-state index in [4.69, 9.17) is 0 Å². The zero-order chi connectivity index (χ0) is 9.07. The van der Waals surface area contributed by atoms with Crippen molar-refractivity contribution in [3.63, 3.8) is 0 Å². The van der Waals surface area contributed by atoms with E-state index in [-0.39, 0.29) is 0 Å². The van der Waals surface area contributed by atoms with Gasteiger partial charge in [-0.1, -0.05) is 19.3 Å². The van der Waals surface area contributed by atoms with Crippen LogP contribution >= 0.6 is 0 Å². The third kappa shape index (κ3) is 9.12. The molecule has 0 atom stereocenters. The number of allylic oxidation sites excluding steroid dienone is 1. The third-order valence-electron chi connectivity index (χ3n) is 1.75. The van der Waals surface area contributed by atoms with Gasteiger partial charge in [0, 0.05) is 6.42 Å². The van der Waals surface area contributed by atoms with E-state index in [1.54, 1.807) is 5.94 Å². The van der Waals surface area contributed by atoms with Crippen molar-refractivity contribution < 1.29 is 9.59 Å². The summed E-state index contributed by atoms with van der Waals surface area (Å²) in [6.07, 6.45) is 9.55. The minimum absolute atomic E-state index is 0.689. The van der Waals surface area contributed by atoms with Crippen molar-refractivity contribution in [1.82, 2.24) is 0 Å². The fourth-order valence-electron chi connectivity index (χ4n) is 1.06. The van der Waals surface area contributed by atoms with Crippen molar-refractivity contribution in [3.8, 4) is 0 Å². The smallest absolute Gasteiger partial charge is 0.120 e. The monoisotopic (exact) mass is 168 g/mol. The predicted octanol–water partition coefficient (Wildman–Crippen LogP) is 2.30. The van der Waals surface area contributed by atoms with Gasteiger partial charge in [-0.15, -0.1) is 0 Å². The van der Waals surface area contributed by atoms with Crippen LogP contribution in [-0.2, 0) is 9.59 Å². The molecule has 0 fully saturated rings. The molecule has 68 valence electrons. The van der Waals surface area contributed by atoms with Crippen molar-refractivity contribution in [3.05, 3.63) is 6.08 Å². The molecule has 0 radical (unpaired) electrons. The Balaban J connectivity index is 2.90. The topological polar surface area (TPSA) is 34.1 Å². The molecule has 0 aliphatic heterocycles. The van der Waals surface area contributed by atoms with Crippen LogP contribution in [0.25, 0.3) is 0 Å². The summed E-state index contributed by atoms with van der Waals surface area (Å²) >= 11 is 0. The molecule has 0 bridgehead atoms. The fourth-order valence-corrected chi connectivity index (χ4v) is 1.06. The molecule has 0 N–H and O–H groups in total. The molecule has 2 heteroatoms. The van der Waals surface area contributed by atoms with E-state index in [9.17, 15) is 9.59 Å². The van der Waals surface area contributed by atoms with Gasteiger partial charge in [-0.25, -0.2) is 4.79 Å². The minimum atomic E-state index is 0.689. The van der Waals surface area contributed by atoms with Crippen molar-refractivity contribution in [2.45, 2.75) is 44.9 Å². The average molecular weight is 168 g/mol. The quantitative estimate of drug-likeness (QED) is 0.316. The molecular weight excluding hydrogens is 152 g/mol. The first-order chi connectivity index (χ1) is 5.91. The number of hydrogen-bond acceptors (Lipinski definition) is 2. The number of carbonyl (C=O) groups is 1. The maximum absolute atomic E-state index is 9.93. The van der Waals surface area contributed by atoms with Crippen LogP contribution < -0.4 is 0 Å². The highest BCUT2D eigenvalue weighted by Crippen LogP contribution is 2.05. The average Bonchev–Trinajstić information content (AvgIpc) is 2.10. The van der Waals surface area contributed by atoms with Crippen LogP contribution in [0, 0.1) is 0 Å². The summed E-state index contributed by atoms with van der Waals surface area (Å²) < 4.78 is 0. The van der Waals surface area contributed by atoms with Crippen molar-refractivity contribution in [2.75, 3.05) is 0 Å². The van der Waals surface area contributed by atoms with Gasteiger partial charge < -0.3 is 4.79 Å². The van der Waals surface area contributed by atoms with Crippen molar-refractivity contribution in [2.24, 2.45) is 0 Å². The molecule has 0 aromatic carbocycles. The van der Waals surface area contributed by atoms with Crippen molar-refractivity contribution in [1.29, 1.82) is 0 Å². The summed E-state index contributed by atoms with van der Waals surface area (Å²) in [6, 6.07) is 0. The number of aldehydes is 1. The van der Waals surface area contributed by atoms with Crippen LogP contribution in [0.4, 0.5) is 0 Å². The molecule has 2 nitrogen and oxygen atoms in total. The lowest BCUT2D eigenvalue weighted by Gasteiger charge is -1.95. The highest BCUT2D eigenvalue weighted by atomic mass is 16.1. The molecule has 0 rings (SSSR count). The van der Waals surface area contributed by atoms with Gasteiger partial charge in [-0.3, -0.25) is 0 Å². The van der Waals surface area contributed by atoms with E-state index in [2.05, 4.69) is 0 Å². The fraction of sp³-hybridized carbons (Fsp3) is 0.700. The van der Waals surface area contributed by atoms with Gasteiger partial charge in [0.05, 0.1) is 0 Å². The first kappa shape index (κ1) is 11.1. The summed E-state index contributed by atoms with van der Waals surface area (Å²) in [5.74, 6) is 1.76. The normalized spacial score (nSPS) is 9.00. The Kier molecular flexibility index (Phi) is 9.38. The van der Waals surface area contributed by atoms with Crippen LogP contribution in [0.1, 0.15) is 44.9 Å². The number of hydrogen-bond donors (Lipinski definition) is 0. The molecule has 0 aromatic rings.